The van der Waals surface area contributed by atoms with Crippen molar-refractivity contribution in [3.63, 3.8) is 0 Å². The third-order valence-electron chi connectivity index (χ3n) is 6.00. The van der Waals surface area contributed by atoms with E-state index in [-0.39, 0.29) is 6.61 Å². The van der Waals surface area contributed by atoms with E-state index in [2.05, 4.69) is 15.3 Å². The van der Waals surface area contributed by atoms with E-state index in [0.717, 1.165) is 47.2 Å². The van der Waals surface area contributed by atoms with E-state index < -0.39 is 24.5 Å². The molecule has 1 aliphatic rings. The molecule has 0 fully saturated rings. The van der Waals surface area contributed by atoms with Gasteiger partial charge in [-0.2, -0.15) is 0 Å². The lowest BCUT2D eigenvalue weighted by atomic mass is 9.95. The summed E-state index contributed by atoms with van der Waals surface area (Å²) < 4.78 is 10.5. The van der Waals surface area contributed by atoms with Gasteiger partial charge in [0.25, 0.3) is 5.91 Å². The maximum Gasteiger partial charge on any atom is 0.341 e. The lowest BCUT2D eigenvalue weighted by Gasteiger charge is -2.12. The Morgan fingerprint density at radius 2 is 1.83 bits per heavy atom. The molecule has 0 aliphatic heterocycles. The van der Waals surface area contributed by atoms with Crippen LogP contribution in [0.1, 0.15) is 50.9 Å². The number of thiophene rings is 1. The first kappa shape index (κ1) is 23.7. The lowest BCUT2D eigenvalue weighted by molar-refractivity contribution is -0.119. The molecule has 0 unspecified atom stereocenters. The summed E-state index contributed by atoms with van der Waals surface area (Å²) in [6.45, 7) is 1.53. The molecule has 5 rings (SSSR count). The van der Waals surface area contributed by atoms with Crippen molar-refractivity contribution in [2.24, 2.45) is 0 Å². The van der Waals surface area contributed by atoms with Gasteiger partial charge in [-0.25, -0.2) is 14.6 Å². The Kier molecular flexibility index (Phi) is 6.81. The first-order valence-electron chi connectivity index (χ1n) is 11.9. The Bertz CT molecular complexity index is 1440. The highest BCUT2D eigenvalue weighted by Gasteiger charge is 2.27. The van der Waals surface area contributed by atoms with Gasteiger partial charge in [-0.15, -0.1) is 11.3 Å². The van der Waals surface area contributed by atoms with Gasteiger partial charge < -0.3 is 19.8 Å². The highest BCUT2D eigenvalue weighted by molar-refractivity contribution is 7.17. The number of esters is 2. The number of nitrogens with one attached hydrogen (secondary N) is 2. The van der Waals surface area contributed by atoms with Crippen LogP contribution in [0.25, 0.3) is 22.4 Å². The number of imidazole rings is 1. The molecule has 1 aliphatic carbocycles. The standard InChI is InChI=1S/C27H25N3O5S/c1-2-34-27(33)23-18-10-6-7-11-21(18)36-25(23)30-22(31)15-35-26(32)17-12-13-19-20(14-17)29-24(28-19)16-8-4-3-5-9-16/h3-5,8-9,12-14H,2,6-7,10-11,15H2,1H3,(H,28,29)(H,30,31). The normalized spacial score (nSPS) is 12.7. The molecular weight excluding hydrogens is 478 g/mol. The van der Waals surface area contributed by atoms with Crippen LogP contribution >= 0.6 is 11.3 Å². The summed E-state index contributed by atoms with van der Waals surface area (Å²) in [6.07, 6.45) is 3.70. The number of carbonyl (C=O) groups is 3. The summed E-state index contributed by atoms with van der Waals surface area (Å²) in [7, 11) is 0. The Morgan fingerprint density at radius 1 is 1.03 bits per heavy atom. The number of rotatable bonds is 7. The minimum absolute atomic E-state index is 0.252. The van der Waals surface area contributed by atoms with E-state index in [4.69, 9.17) is 9.47 Å². The molecule has 0 saturated carbocycles. The minimum atomic E-state index is -0.626. The zero-order valence-corrected chi connectivity index (χ0v) is 20.6. The molecule has 2 aromatic carbocycles. The number of anilines is 1. The van der Waals surface area contributed by atoms with Crippen LogP contribution in [0.15, 0.2) is 48.5 Å². The number of aromatic nitrogens is 2. The maximum absolute atomic E-state index is 12.6. The second-order valence-electron chi connectivity index (χ2n) is 8.44. The zero-order chi connectivity index (χ0) is 25.1. The number of aryl methyl sites for hydroxylation is 1. The molecule has 9 heteroatoms. The molecule has 4 aromatic rings. The van der Waals surface area contributed by atoms with E-state index in [9.17, 15) is 14.4 Å². The van der Waals surface area contributed by atoms with E-state index in [1.165, 1.54) is 11.3 Å². The fraction of sp³-hybridized carbons (Fsp3) is 0.259. The van der Waals surface area contributed by atoms with Crippen LogP contribution in [-0.2, 0) is 27.1 Å². The summed E-state index contributed by atoms with van der Waals surface area (Å²) in [5.74, 6) is -0.876. The predicted molar refractivity (Wildman–Crippen MR) is 137 cm³/mol. The first-order valence-corrected chi connectivity index (χ1v) is 12.7. The van der Waals surface area contributed by atoms with Gasteiger partial charge in [0.1, 0.15) is 10.8 Å². The third kappa shape index (κ3) is 4.87. The van der Waals surface area contributed by atoms with Crippen molar-refractivity contribution in [2.45, 2.75) is 32.6 Å². The van der Waals surface area contributed by atoms with Crippen molar-refractivity contribution in [1.29, 1.82) is 0 Å². The fourth-order valence-corrected chi connectivity index (χ4v) is 5.61. The smallest absolute Gasteiger partial charge is 0.341 e. The summed E-state index contributed by atoms with van der Waals surface area (Å²) in [6, 6.07) is 14.7. The van der Waals surface area contributed by atoms with Crippen molar-refractivity contribution in [1.82, 2.24) is 9.97 Å². The van der Waals surface area contributed by atoms with Gasteiger partial charge >= 0.3 is 11.9 Å². The van der Waals surface area contributed by atoms with Crippen LogP contribution in [0.4, 0.5) is 5.00 Å². The number of hydrogen-bond acceptors (Lipinski definition) is 7. The molecule has 1 amide bonds. The highest BCUT2D eigenvalue weighted by atomic mass is 32.1. The molecule has 0 bridgehead atoms. The van der Waals surface area contributed by atoms with Crippen molar-refractivity contribution >= 4 is 45.2 Å². The second kappa shape index (κ2) is 10.3. The fourth-order valence-electron chi connectivity index (χ4n) is 4.32. The van der Waals surface area contributed by atoms with Crippen molar-refractivity contribution < 1.29 is 23.9 Å². The van der Waals surface area contributed by atoms with E-state index in [1.54, 1.807) is 25.1 Å². The number of fused-ring (bicyclic) bond motifs is 2. The molecule has 0 spiro atoms. The average molecular weight is 504 g/mol. The van der Waals surface area contributed by atoms with Crippen LogP contribution in [0.5, 0.6) is 0 Å². The predicted octanol–water partition coefficient (Wildman–Crippen LogP) is 5.14. The molecule has 2 N–H and O–H groups in total. The van der Waals surface area contributed by atoms with Gasteiger partial charge in [-0.1, -0.05) is 30.3 Å². The van der Waals surface area contributed by atoms with Crippen LogP contribution in [-0.4, -0.2) is 41.0 Å². The monoisotopic (exact) mass is 503 g/mol. The Hall–Kier alpha value is -3.98. The third-order valence-corrected chi connectivity index (χ3v) is 7.21. The topological polar surface area (TPSA) is 110 Å². The molecule has 2 heterocycles. The molecule has 0 atom stereocenters. The number of hydrogen-bond donors (Lipinski definition) is 2. The number of benzene rings is 2. The summed E-state index contributed by atoms with van der Waals surface area (Å²) >= 11 is 1.39. The van der Waals surface area contributed by atoms with Gasteiger partial charge in [0, 0.05) is 10.4 Å². The molecule has 8 nitrogen and oxygen atoms in total. The second-order valence-corrected chi connectivity index (χ2v) is 9.55. The molecular formula is C27H25N3O5S. The van der Waals surface area contributed by atoms with Crippen LogP contribution in [0.2, 0.25) is 0 Å². The quantitative estimate of drug-likeness (QED) is 0.338. The maximum atomic E-state index is 12.6. The molecule has 184 valence electrons. The Labute approximate surface area is 211 Å². The summed E-state index contributed by atoms with van der Waals surface area (Å²) in [5, 5.41) is 3.20. The van der Waals surface area contributed by atoms with E-state index in [1.807, 2.05) is 30.3 Å². The number of carbonyl (C=O) groups excluding carboxylic acids is 3. The minimum Gasteiger partial charge on any atom is -0.462 e. The summed E-state index contributed by atoms with van der Waals surface area (Å²) in [5.41, 5.74) is 4.03. The highest BCUT2D eigenvalue weighted by Crippen LogP contribution is 2.38. The SMILES string of the molecule is CCOC(=O)c1c(NC(=O)COC(=O)c2ccc3nc(-c4ccccc4)[nH]c3c2)sc2c1CCCC2. The van der Waals surface area contributed by atoms with Gasteiger partial charge in [0.15, 0.2) is 6.61 Å². The van der Waals surface area contributed by atoms with Crippen LogP contribution in [0, 0.1) is 0 Å². The van der Waals surface area contributed by atoms with E-state index >= 15 is 0 Å². The largest absolute Gasteiger partial charge is 0.462 e. The first-order chi connectivity index (χ1) is 17.5. The Morgan fingerprint density at radius 3 is 2.64 bits per heavy atom. The molecule has 0 radical (unpaired) electrons. The van der Waals surface area contributed by atoms with E-state index in [0.29, 0.717) is 27.5 Å². The van der Waals surface area contributed by atoms with Gasteiger partial charge in [0.05, 0.1) is 28.8 Å². The number of nitrogens with zero attached hydrogens (tertiary/aromatic N) is 1. The van der Waals surface area contributed by atoms with Crippen molar-refractivity contribution in [2.75, 3.05) is 18.5 Å². The van der Waals surface area contributed by atoms with Gasteiger partial charge in [0.2, 0.25) is 0 Å². The number of H-pyrrole nitrogens is 1. The number of amides is 1. The number of aromatic amines is 1. The van der Waals surface area contributed by atoms with Gasteiger partial charge in [-0.05, 0) is 56.4 Å². The lowest BCUT2D eigenvalue weighted by Crippen LogP contribution is -2.22. The average Bonchev–Trinajstić information content (AvgIpc) is 3.48. The molecule has 2 aromatic heterocycles. The van der Waals surface area contributed by atoms with Gasteiger partial charge in [-0.3, -0.25) is 4.79 Å². The van der Waals surface area contributed by atoms with Crippen LogP contribution in [0.3, 0.4) is 0 Å². The van der Waals surface area contributed by atoms with Crippen LogP contribution < -0.4 is 5.32 Å². The number of ether oxygens (including phenoxy) is 2. The molecule has 0 saturated heterocycles. The Balaban J connectivity index is 1.26. The molecule has 36 heavy (non-hydrogen) atoms. The summed E-state index contributed by atoms with van der Waals surface area (Å²) in [4.78, 5) is 46.7. The van der Waals surface area contributed by atoms with Crippen molar-refractivity contribution in [3.05, 3.63) is 70.1 Å². The van der Waals surface area contributed by atoms with Crippen molar-refractivity contribution in [3.8, 4) is 11.4 Å². The zero-order valence-electron chi connectivity index (χ0n) is 19.8.